The van der Waals surface area contributed by atoms with Crippen LogP contribution in [-0.2, 0) is 11.3 Å². The van der Waals surface area contributed by atoms with Crippen LogP contribution in [0.1, 0.15) is 44.6 Å². The number of likely N-dealkylation sites (N-methyl/N-ethyl adjacent to an activating group) is 1. The summed E-state index contributed by atoms with van der Waals surface area (Å²) in [6.45, 7) is 1.84. The maximum atomic E-state index is 13.9. The van der Waals surface area contributed by atoms with E-state index < -0.39 is 23.8 Å². The molecule has 1 fully saturated rings. The average Bonchev–Trinajstić information content (AvgIpc) is 2.58. The molecule has 25 heavy (non-hydrogen) atoms. The molecule has 1 atom stereocenters. The lowest BCUT2D eigenvalue weighted by molar-refractivity contribution is -0.124. The zero-order chi connectivity index (χ0) is 18.4. The van der Waals surface area contributed by atoms with Gasteiger partial charge in [-0.1, -0.05) is 36.9 Å². The van der Waals surface area contributed by atoms with Crippen LogP contribution in [0.5, 0.6) is 0 Å². The summed E-state index contributed by atoms with van der Waals surface area (Å²) < 4.78 is 13.9. The van der Waals surface area contributed by atoms with Gasteiger partial charge in [-0.3, -0.25) is 15.0 Å². The van der Waals surface area contributed by atoms with Crippen LogP contribution in [0.3, 0.4) is 0 Å². The summed E-state index contributed by atoms with van der Waals surface area (Å²) >= 11 is 6.02. The first-order valence-corrected chi connectivity index (χ1v) is 9.00. The highest BCUT2D eigenvalue weighted by atomic mass is 35.5. The number of carbonyl (C=O) groups excluding carboxylic acids is 2. The van der Waals surface area contributed by atoms with E-state index in [2.05, 4.69) is 10.6 Å². The Morgan fingerprint density at radius 1 is 1.32 bits per heavy atom. The SMILES string of the molecule is CC(C(=O)NC(=O)NC1CCCCC1)N(C)Cc1c(F)cccc1Cl. The Hall–Kier alpha value is -1.66. The highest BCUT2D eigenvalue weighted by Gasteiger charge is 2.23. The number of benzene rings is 1. The van der Waals surface area contributed by atoms with Crippen LogP contribution in [0.25, 0.3) is 0 Å². The third-order valence-corrected chi connectivity index (χ3v) is 5.04. The minimum atomic E-state index is -0.604. The van der Waals surface area contributed by atoms with Crippen molar-refractivity contribution >= 4 is 23.5 Å². The first-order chi connectivity index (χ1) is 11.9. The zero-order valence-electron chi connectivity index (χ0n) is 14.6. The Morgan fingerprint density at radius 3 is 2.64 bits per heavy atom. The molecule has 0 aromatic heterocycles. The Balaban J connectivity index is 1.86. The average molecular weight is 370 g/mol. The molecule has 1 aromatic carbocycles. The fourth-order valence-corrected chi connectivity index (χ4v) is 3.18. The number of rotatable bonds is 5. The van der Waals surface area contributed by atoms with Crippen molar-refractivity contribution in [1.82, 2.24) is 15.5 Å². The van der Waals surface area contributed by atoms with Crippen LogP contribution in [0, 0.1) is 5.82 Å². The van der Waals surface area contributed by atoms with Crippen molar-refractivity contribution in [3.63, 3.8) is 0 Å². The molecular weight excluding hydrogens is 345 g/mol. The van der Waals surface area contributed by atoms with Gasteiger partial charge in [-0.15, -0.1) is 0 Å². The highest BCUT2D eigenvalue weighted by molar-refractivity contribution is 6.31. The number of halogens is 2. The lowest BCUT2D eigenvalue weighted by Gasteiger charge is -2.26. The summed E-state index contributed by atoms with van der Waals surface area (Å²) in [6, 6.07) is 3.53. The van der Waals surface area contributed by atoms with Crippen LogP contribution in [0.4, 0.5) is 9.18 Å². The summed E-state index contributed by atoms with van der Waals surface area (Å²) in [5.41, 5.74) is 0.331. The van der Waals surface area contributed by atoms with Crippen molar-refractivity contribution in [2.45, 2.75) is 57.7 Å². The van der Waals surface area contributed by atoms with Gasteiger partial charge in [-0.2, -0.15) is 0 Å². The van der Waals surface area contributed by atoms with Crippen molar-refractivity contribution in [3.05, 3.63) is 34.6 Å². The van der Waals surface area contributed by atoms with Crippen molar-refractivity contribution in [1.29, 1.82) is 0 Å². The topological polar surface area (TPSA) is 61.4 Å². The van der Waals surface area contributed by atoms with Gasteiger partial charge in [0, 0.05) is 23.2 Å². The molecule has 3 amide bonds. The Labute approximate surface area is 152 Å². The third-order valence-electron chi connectivity index (χ3n) is 4.69. The van der Waals surface area contributed by atoms with Crippen molar-refractivity contribution < 1.29 is 14.0 Å². The molecular formula is C18H25ClFN3O2. The van der Waals surface area contributed by atoms with Gasteiger partial charge in [0.05, 0.1) is 6.04 Å². The molecule has 2 N–H and O–H groups in total. The van der Waals surface area contributed by atoms with E-state index in [1.165, 1.54) is 18.6 Å². The lowest BCUT2D eigenvalue weighted by atomic mass is 9.96. The van der Waals surface area contributed by atoms with Crippen LogP contribution in [0.15, 0.2) is 18.2 Å². The fraction of sp³-hybridized carbons (Fsp3) is 0.556. The van der Waals surface area contributed by atoms with E-state index in [0.29, 0.717) is 10.6 Å². The lowest BCUT2D eigenvalue weighted by Crippen LogP contribution is -2.50. The van der Waals surface area contributed by atoms with Crippen molar-refractivity contribution in [2.24, 2.45) is 0 Å². The zero-order valence-corrected chi connectivity index (χ0v) is 15.4. The standard InChI is InChI=1S/C18H25ClFN3O2/c1-12(23(2)11-14-15(19)9-6-10-16(14)20)17(24)22-18(25)21-13-7-4-3-5-8-13/h6,9-10,12-13H,3-5,7-8,11H2,1-2H3,(H2,21,22,24,25). The first-order valence-electron chi connectivity index (χ1n) is 8.63. The summed E-state index contributed by atoms with van der Waals surface area (Å²) in [5.74, 6) is -0.842. The number of nitrogens with zero attached hydrogens (tertiary/aromatic N) is 1. The molecule has 0 saturated heterocycles. The molecule has 1 unspecified atom stereocenters. The quantitative estimate of drug-likeness (QED) is 0.835. The number of hydrogen-bond acceptors (Lipinski definition) is 3. The van der Waals surface area contributed by atoms with E-state index in [9.17, 15) is 14.0 Å². The molecule has 2 rings (SSSR count). The molecule has 0 aliphatic heterocycles. The Morgan fingerprint density at radius 2 is 2.00 bits per heavy atom. The Kier molecular flexibility index (Phi) is 7.20. The Bertz CT molecular complexity index is 600. The second-order valence-corrected chi connectivity index (χ2v) is 7.00. The molecule has 1 saturated carbocycles. The predicted molar refractivity (Wildman–Crippen MR) is 95.9 cm³/mol. The molecule has 0 bridgehead atoms. The van der Waals surface area contributed by atoms with Crippen LogP contribution >= 0.6 is 11.6 Å². The van der Waals surface area contributed by atoms with Gasteiger partial charge in [-0.25, -0.2) is 9.18 Å². The van der Waals surface area contributed by atoms with Crippen LogP contribution < -0.4 is 10.6 Å². The minimum Gasteiger partial charge on any atom is -0.335 e. The van der Waals surface area contributed by atoms with Crippen LogP contribution in [-0.4, -0.2) is 36.0 Å². The number of urea groups is 1. The van der Waals surface area contributed by atoms with E-state index in [0.717, 1.165) is 25.7 Å². The van der Waals surface area contributed by atoms with Gasteiger partial charge >= 0.3 is 6.03 Å². The van der Waals surface area contributed by atoms with Gasteiger partial charge in [0.25, 0.3) is 0 Å². The van der Waals surface area contributed by atoms with E-state index in [1.54, 1.807) is 24.9 Å². The molecule has 138 valence electrons. The first kappa shape index (κ1) is 19.7. The summed E-state index contributed by atoms with van der Waals surface area (Å²) in [7, 11) is 1.69. The molecule has 1 aliphatic rings. The van der Waals surface area contributed by atoms with E-state index in [-0.39, 0.29) is 12.6 Å². The molecule has 0 heterocycles. The second kappa shape index (κ2) is 9.15. The van der Waals surface area contributed by atoms with E-state index in [4.69, 9.17) is 11.6 Å². The maximum Gasteiger partial charge on any atom is 0.321 e. The monoisotopic (exact) mass is 369 g/mol. The fourth-order valence-electron chi connectivity index (χ4n) is 2.95. The highest BCUT2D eigenvalue weighted by Crippen LogP contribution is 2.21. The third kappa shape index (κ3) is 5.68. The number of amides is 3. The molecule has 1 aliphatic carbocycles. The smallest absolute Gasteiger partial charge is 0.321 e. The van der Waals surface area contributed by atoms with Gasteiger partial charge < -0.3 is 5.32 Å². The van der Waals surface area contributed by atoms with E-state index in [1.807, 2.05) is 0 Å². The van der Waals surface area contributed by atoms with Crippen molar-refractivity contribution in [3.8, 4) is 0 Å². The molecule has 5 nitrogen and oxygen atoms in total. The number of nitrogens with one attached hydrogen (secondary N) is 2. The summed E-state index contributed by atoms with van der Waals surface area (Å²) in [4.78, 5) is 25.9. The van der Waals surface area contributed by atoms with Crippen LogP contribution in [0.2, 0.25) is 5.02 Å². The molecule has 0 radical (unpaired) electrons. The largest absolute Gasteiger partial charge is 0.335 e. The number of imide groups is 1. The second-order valence-electron chi connectivity index (χ2n) is 6.59. The van der Waals surface area contributed by atoms with Gasteiger partial charge in [0.15, 0.2) is 0 Å². The maximum absolute atomic E-state index is 13.9. The molecule has 0 spiro atoms. The van der Waals surface area contributed by atoms with Gasteiger partial charge in [0.1, 0.15) is 5.82 Å². The minimum absolute atomic E-state index is 0.131. The van der Waals surface area contributed by atoms with Gasteiger partial charge in [-0.05, 0) is 38.9 Å². The van der Waals surface area contributed by atoms with Crippen molar-refractivity contribution in [2.75, 3.05) is 7.05 Å². The normalized spacial score (nSPS) is 16.5. The number of hydrogen-bond donors (Lipinski definition) is 2. The molecule has 7 heteroatoms. The summed E-state index contributed by atoms with van der Waals surface area (Å²) in [6.07, 6.45) is 5.29. The number of carbonyl (C=O) groups is 2. The molecule has 1 aromatic rings. The van der Waals surface area contributed by atoms with E-state index >= 15 is 0 Å². The summed E-state index contributed by atoms with van der Waals surface area (Å²) in [5, 5.41) is 5.52. The van der Waals surface area contributed by atoms with Gasteiger partial charge in [0.2, 0.25) is 5.91 Å². The predicted octanol–water partition coefficient (Wildman–Crippen LogP) is 3.46.